The van der Waals surface area contributed by atoms with E-state index in [1.54, 1.807) is 11.0 Å². The number of hydrogen-bond acceptors (Lipinski definition) is 5. The summed E-state index contributed by atoms with van der Waals surface area (Å²) in [6.45, 7) is 0.817. The van der Waals surface area contributed by atoms with Crippen LogP contribution in [-0.4, -0.2) is 30.4 Å². The zero-order chi connectivity index (χ0) is 13.2. The number of hydrogen-bond donors (Lipinski definition) is 1. The molecule has 1 aliphatic rings. The SMILES string of the molecule is NC[C@H]1CN(c2ccc(-c3ccon3)cc2)C(=O)O1. The van der Waals surface area contributed by atoms with Gasteiger partial charge in [0.15, 0.2) is 0 Å². The van der Waals surface area contributed by atoms with E-state index in [2.05, 4.69) is 5.16 Å². The number of amides is 1. The summed E-state index contributed by atoms with van der Waals surface area (Å²) in [5.74, 6) is 0. The van der Waals surface area contributed by atoms with Crippen LogP contribution in [0.3, 0.4) is 0 Å². The van der Waals surface area contributed by atoms with Gasteiger partial charge < -0.3 is 15.0 Å². The number of rotatable bonds is 3. The van der Waals surface area contributed by atoms with Gasteiger partial charge in [0, 0.05) is 23.9 Å². The summed E-state index contributed by atoms with van der Waals surface area (Å²) in [7, 11) is 0. The normalized spacial score (nSPS) is 18.7. The summed E-state index contributed by atoms with van der Waals surface area (Å²) in [5, 5.41) is 3.86. The molecule has 1 fully saturated rings. The zero-order valence-electron chi connectivity index (χ0n) is 10.2. The number of aromatic nitrogens is 1. The quantitative estimate of drug-likeness (QED) is 0.905. The van der Waals surface area contributed by atoms with Crippen LogP contribution in [0.5, 0.6) is 0 Å². The zero-order valence-corrected chi connectivity index (χ0v) is 10.2. The molecule has 1 saturated heterocycles. The Morgan fingerprint density at radius 2 is 2.11 bits per heavy atom. The van der Waals surface area contributed by atoms with Crippen LogP contribution >= 0.6 is 0 Å². The first-order chi connectivity index (χ1) is 9.28. The van der Waals surface area contributed by atoms with E-state index < -0.39 is 0 Å². The van der Waals surface area contributed by atoms with Crippen LogP contribution in [-0.2, 0) is 4.74 Å². The predicted molar refractivity (Wildman–Crippen MR) is 68.6 cm³/mol. The van der Waals surface area contributed by atoms with Gasteiger partial charge in [0.2, 0.25) is 0 Å². The molecule has 1 aromatic heterocycles. The lowest BCUT2D eigenvalue weighted by Crippen LogP contribution is -2.27. The third-order valence-electron chi connectivity index (χ3n) is 3.05. The molecule has 0 aliphatic carbocycles. The second kappa shape index (κ2) is 4.74. The van der Waals surface area contributed by atoms with Crippen molar-refractivity contribution in [1.82, 2.24) is 5.16 Å². The van der Waals surface area contributed by atoms with Crippen molar-refractivity contribution in [3.63, 3.8) is 0 Å². The van der Waals surface area contributed by atoms with Crippen molar-refractivity contribution in [2.75, 3.05) is 18.0 Å². The fraction of sp³-hybridized carbons (Fsp3) is 0.231. The lowest BCUT2D eigenvalue weighted by atomic mass is 10.1. The van der Waals surface area contributed by atoms with E-state index in [0.717, 1.165) is 16.9 Å². The standard InChI is InChI=1S/C13H13N3O3/c14-7-11-8-16(13(17)19-11)10-3-1-9(2-4-10)12-5-6-18-15-12/h1-6,11H,7-8,14H2/t11-/m0/s1. The second-order valence-corrected chi connectivity index (χ2v) is 4.28. The van der Waals surface area contributed by atoms with Crippen LogP contribution in [0.2, 0.25) is 0 Å². The number of carbonyl (C=O) groups is 1. The Hall–Kier alpha value is -2.34. The Labute approximate surface area is 109 Å². The average Bonchev–Trinajstić information content (AvgIpc) is 3.08. The van der Waals surface area contributed by atoms with Crippen LogP contribution < -0.4 is 10.6 Å². The van der Waals surface area contributed by atoms with Crippen LogP contribution in [0.25, 0.3) is 11.3 Å². The summed E-state index contributed by atoms with van der Waals surface area (Å²) >= 11 is 0. The monoisotopic (exact) mass is 259 g/mol. The third kappa shape index (κ3) is 2.17. The van der Waals surface area contributed by atoms with Crippen LogP contribution in [0.4, 0.5) is 10.5 Å². The number of anilines is 1. The smallest absolute Gasteiger partial charge is 0.414 e. The van der Waals surface area contributed by atoms with E-state index in [1.807, 2.05) is 24.3 Å². The first-order valence-corrected chi connectivity index (χ1v) is 5.97. The summed E-state index contributed by atoms with van der Waals surface area (Å²) in [6.07, 6.45) is 0.930. The molecule has 98 valence electrons. The number of nitrogens with zero attached hydrogens (tertiary/aromatic N) is 2. The van der Waals surface area contributed by atoms with E-state index in [4.69, 9.17) is 15.0 Å². The lowest BCUT2D eigenvalue weighted by Gasteiger charge is -2.12. The Balaban J connectivity index is 1.81. The molecule has 6 nitrogen and oxygen atoms in total. The van der Waals surface area contributed by atoms with E-state index in [0.29, 0.717) is 13.1 Å². The molecule has 6 heteroatoms. The van der Waals surface area contributed by atoms with Gasteiger partial charge in [-0.15, -0.1) is 0 Å². The number of carbonyl (C=O) groups excluding carboxylic acids is 1. The van der Waals surface area contributed by atoms with Gasteiger partial charge in [-0.25, -0.2) is 4.79 Å². The Kier molecular flexibility index (Phi) is 2.92. The first kappa shape index (κ1) is 11.7. The highest BCUT2D eigenvalue weighted by Crippen LogP contribution is 2.25. The number of cyclic esters (lactones) is 1. The molecule has 3 rings (SSSR count). The number of benzene rings is 1. The van der Waals surface area contributed by atoms with Gasteiger partial charge in [0.05, 0.1) is 6.54 Å². The molecule has 0 spiro atoms. The molecule has 0 bridgehead atoms. The summed E-state index contributed by atoms with van der Waals surface area (Å²) < 4.78 is 9.91. The predicted octanol–water partition coefficient (Wildman–Crippen LogP) is 1.63. The van der Waals surface area contributed by atoms with Gasteiger partial charge in [-0.2, -0.15) is 0 Å². The minimum atomic E-state index is -0.357. The molecule has 2 aromatic rings. The molecule has 1 amide bonds. The Morgan fingerprint density at radius 1 is 1.32 bits per heavy atom. The lowest BCUT2D eigenvalue weighted by molar-refractivity contribution is 0.145. The first-order valence-electron chi connectivity index (χ1n) is 5.97. The maximum Gasteiger partial charge on any atom is 0.414 e. The average molecular weight is 259 g/mol. The van der Waals surface area contributed by atoms with Gasteiger partial charge in [-0.3, -0.25) is 4.90 Å². The highest BCUT2D eigenvalue weighted by atomic mass is 16.6. The molecular weight excluding hydrogens is 246 g/mol. The van der Waals surface area contributed by atoms with Crippen molar-refractivity contribution in [3.05, 3.63) is 36.6 Å². The topological polar surface area (TPSA) is 81.6 Å². The minimum Gasteiger partial charge on any atom is -0.443 e. The maximum atomic E-state index is 11.7. The molecular formula is C13H13N3O3. The van der Waals surface area contributed by atoms with Crippen molar-refractivity contribution in [3.8, 4) is 11.3 Å². The van der Waals surface area contributed by atoms with Crippen LogP contribution in [0.1, 0.15) is 0 Å². The molecule has 2 N–H and O–H groups in total. The van der Waals surface area contributed by atoms with Crippen molar-refractivity contribution in [2.24, 2.45) is 5.73 Å². The van der Waals surface area contributed by atoms with Gasteiger partial charge in [0.1, 0.15) is 18.1 Å². The van der Waals surface area contributed by atoms with Crippen molar-refractivity contribution < 1.29 is 14.1 Å². The molecule has 1 aliphatic heterocycles. The third-order valence-corrected chi connectivity index (χ3v) is 3.05. The maximum absolute atomic E-state index is 11.7. The number of ether oxygens (including phenoxy) is 1. The summed E-state index contributed by atoms with van der Waals surface area (Å²) in [5.41, 5.74) is 7.98. The highest BCUT2D eigenvalue weighted by molar-refractivity contribution is 5.90. The van der Waals surface area contributed by atoms with Crippen molar-refractivity contribution in [1.29, 1.82) is 0 Å². The van der Waals surface area contributed by atoms with Crippen molar-refractivity contribution in [2.45, 2.75) is 6.10 Å². The Morgan fingerprint density at radius 3 is 2.68 bits per heavy atom. The van der Waals surface area contributed by atoms with Gasteiger partial charge >= 0.3 is 6.09 Å². The summed E-state index contributed by atoms with van der Waals surface area (Å²) in [6, 6.07) is 9.25. The molecule has 0 unspecified atom stereocenters. The van der Waals surface area contributed by atoms with Crippen LogP contribution in [0, 0.1) is 0 Å². The molecule has 0 saturated carbocycles. The molecule has 2 heterocycles. The molecule has 1 atom stereocenters. The molecule has 19 heavy (non-hydrogen) atoms. The fourth-order valence-corrected chi connectivity index (χ4v) is 2.03. The van der Waals surface area contributed by atoms with E-state index in [9.17, 15) is 4.79 Å². The van der Waals surface area contributed by atoms with E-state index in [-0.39, 0.29) is 12.2 Å². The van der Waals surface area contributed by atoms with Gasteiger partial charge in [-0.05, 0) is 12.1 Å². The van der Waals surface area contributed by atoms with Crippen LogP contribution in [0.15, 0.2) is 41.1 Å². The van der Waals surface area contributed by atoms with E-state index >= 15 is 0 Å². The van der Waals surface area contributed by atoms with Crippen molar-refractivity contribution >= 4 is 11.8 Å². The Bertz CT molecular complexity index is 565. The fourth-order valence-electron chi connectivity index (χ4n) is 2.03. The van der Waals surface area contributed by atoms with Gasteiger partial charge in [0.25, 0.3) is 0 Å². The second-order valence-electron chi connectivity index (χ2n) is 4.28. The molecule has 1 aromatic carbocycles. The largest absolute Gasteiger partial charge is 0.443 e. The molecule has 0 radical (unpaired) electrons. The highest BCUT2D eigenvalue weighted by Gasteiger charge is 2.31. The van der Waals surface area contributed by atoms with Gasteiger partial charge in [-0.1, -0.05) is 17.3 Å². The number of nitrogens with two attached hydrogens (primary N) is 1. The summed E-state index contributed by atoms with van der Waals surface area (Å²) in [4.78, 5) is 13.3. The van der Waals surface area contributed by atoms with E-state index in [1.165, 1.54) is 6.26 Å². The minimum absolute atomic E-state index is 0.234.